The van der Waals surface area contributed by atoms with E-state index in [2.05, 4.69) is 0 Å². The number of nitrogens with zero attached hydrogens (tertiary/aromatic N) is 2. The number of rotatable bonds is 4. The molecule has 0 spiro atoms. The molecule has 0 aliphatic carbocycles. The lowest BCUT2D eigenvalue weighted by atomic mass is 10.0. The lowest BCUT2D eigenvalue weighted by Crippen LogP contribution is -2.39. The van der Waals surface area contributed by atoms with Crippen molar-refractivity contribution in [2.45, 2.75) is 26.2 Å². The van der Waals surface area contributed by atoms with E-state index in [0.29, 0.717) is 19.5 Å². The smallest absolute Gasteiger partial charge is 0.241 e. The molecule has 98 valence electrons. The Morgan fingerprint density at radius 1 is 1.47 bits per heavy atom. The second-order valence-electron chi connectivity index (χ2n) is 4.70. The molecule has 0 radical (unpaired) electrons. The first-order valence-electron chi connectivity index (χ1n) is 6.30. The summed E-state index contributed by atoms with van der Waals surface area (Å²) in [6, 6.07) is 0. The molecule has 1 atom stereocenters. The molecule has 0 aromatic heterocycles. The molecule has 1 rings (SSSR count). The van der Waals surface area contributed by atoms with Gasteiger partial charge in [-0.15, -0.1) is 0 Å². The minimum absolute atomic E-state index is 0.0247. The molecule has 2 N–H and O–H groups in total. The summed E-state index contributed by atoms with van der Waals surface area (Å²) in [5.74, 6) is 0.321. The van der Waals surface area contributed by atoms with Crippen molar-refractivity contribution in [3.63, 3.8) is 0 Å². The van der Waals surface area contributed by atoms with Gasteiger partial charge in [0.2, 0.25) is 11.8 Å². The predicted molar refractivity (Wildman–Crippen MR) is 66.3 cm³/mol. The van der Waals surface area contributed by atoms with E-state index in [0.717, 1.165) is 19.4 Å². The third-order valence-corrected chi connectivity index (χ3v) is 3.40. The second kappa shape index (κ2) is 6.59. The van der Waals surface area contributed by atoms with Crippen LogP contribution < -0.4 is 5.73 Å². The van der Waals surface area contributed by atoms with Gasteiger partial charge in [0, 0.05) is 26.6 Å². The molecule has 17 heavy (non-hydrogen) atoms. The van der Waals surface area contributed by atoms with Gasteiger partial charge in [0.1, 0.15) is 0 Å². The number of hydrogen-bond acceptors (Lipinski definition) is 3. The summed E-state index contributed by atoms with van der Waals surface area (Å²) in [5, 5.41) is 0. The van der Waals surface area contributed by atoms with Crippen molar-refractivity contribution < 1.29 is 9.59 Å². The van der Waals surface area contributed by atoms with E-state index in [4.69, 9.17) is 5.73 Å². The van der Waals surface area contributed by atoms with Gasteiger partial charge in [0.05, 0.1) is 6.54 Å². The Balaban J connectivity index is 2.53. The molecule has 1 saturated heterocycles. The molecule has 5 nitrogen and oxygen atoms in total. The van der Waals surface area contributed by atoms with Crippen molar-refractivity contribution in [2.24, 2.45) is 11.7 Å². The highest BCUT2D eigenvalue weighted by Gasteiger charge is 2.23. The Kier molecular flexibility index (Phi) is 5.41. The van der Waals surface area contributed by atoms with E-state index >= 15 is 0 Å². The van der Waals surface area contributed by atoms with Crippen LogP contribution >= 0.6 is 0 Å². The van der Waals surface area contributed by atoms with Crippen molar-refractivity contribution in [2.75, 3.05) is 33.2 Å². The van der Waals surface area contributed by atoms with Crippen molar-refractivity contribution in [3.8, 4) is 0 Å². The fraction of sp³-hybridized carbons (Fsp3) is 0.833. The average Bonchev–Trinajstić information content (AvgIpc) is 2.49. The van der Waals surface area contributed by atoms with Gasteiger partial charge in [0.15, 0.2) is 0 Å². The van der Waals surface area contributed by atoms with Crippen molar-refractivity contribution in [1.82, 2.24) is 9.80 Å². The standard InChI is InChI=1S/C12H23N3O2/c1-3-10(8-13)7-11(16)15-6-4-5-14(2)12(17)9-15/h10H,3-9,13H2,1-2H3. The van der Waals surface area contributed by atoms with Gasteiger partial charge in [-0.3, -0.25) is 9.59 Å². The first-order chi connectivity index (χ1) is 8.08. The summed E-state index contributed by atoms with van der Waals surface area (Å²) < 4.78 is 0. The fourth-order valence-electron chi connectivity index (χ4n) is 1.97. The zero-order valence-corrected chi connectivity index (χ0v) is 10.8. The molecule has 0 aromatic carbocycles. The summed E-state index contributed by atoms with van der Waals surface area (Å²) in [7, 11) is 1.78. The SMILES string of the molecule is CCC(CN)CC(=O)N1CCCN(C)C(=O)C1. The molecule has 0 aromatic rings. The molecular formula is C12H23N3O2. The summed E-state index contributed by atoms with van der Waals surface area (Å²) in [6.07, 6.45) is 2.22. The predicted octanol–water partition coefficient (Wildman–Crippen LogP) is 0.0521. The lowest BCUT2D eigenvalue weighted by molar-refractivity contribution is -0.138. The van der Waals surface area contributed by atoms with Crippen LogP contribution in [-0.4, -0.2) is 54.8 Å². The Morgan fingerprint density at radius 3 is 2.76 bits per heavy atom. The lowest BCUT2D eigenvalue weighted by Gasteiger charge is -2.22. The van der Waals surface area contributed by atoms with Gasteiger partial charge in [-0.2, -0.15) is 0 Å². The number of hydrogen-bond donors (Lipinski definition) is 1. The zero-order valence-electron chi connectivity index (χ0n) is 10.8. The number of amides is 2. The molecule has 1 heterocycles. The molecule has 1 fully saturated rings. The minimum Gasteiger partial charge on any atom is -0.344 e. The largest absolute Gasteiger partial charge is 0.344 e. The van der Waals surface area contributed by atoms with E-state index in [1.165, 1.54) is 0 Å². The Bertz CT molecular complexity index is 277. The molecule has 0 saturated carbocycles. The highest BCUT2D eigenvalue weighted by atomic mass is 16.2. The molecule has 1 aliphatic rings. The minimum atomic E-state index is 0.0247. The van der Waals surface area contributed by atoms with E-state index in [9.17, 15) is 9.59 Å². The van der Waals surface area contributed by atoms with E-state index in [-0.39, 0.29) is 24.3 Å². The third-order valence-electron chi connectivity index (χ3n) is 3.40. The van der Waals surface area contributed by atoms with Crippen LogP contribution in [0.2, 0.25) is 0 Å². The Morgan fingerprint density at radius 2 is 2.18 bits per heavy atom. The monoisotopic (exact) mass is 241 g/mol. The normalized spacial score (nSPS) is 19.1. The van der Waals surface area contributed by atoms with Crippen LogP contribution in [0.1, 0.15) is 26.2 Å². The maximum Gasteiger partial charge on any atom is 0.241 e. The maximum absolute atomic E-state index is 12.0. The van der Waals surface area contributed by atoms with Crippen LogP contribution in [0.3, 0.4) is 0 Å². The van der Waals surface area contributed by atoms with Crippen molar-refractivity contribution in [3.05, 3.63) is 0 Å². The topological polar surface area (TPSA) is 66.6 Å². The van der Waals surface area contributed by atoms with Crippen LogP contribution in [0.4, 0.5) is 0 Å². The second-order valence-corrected chi connectivity index (χ2v) is 4.70. The zero-order chi connectivity index (χ0) is 12.8. The van der Waals surface area contributed by atoms with Gasteiger partial charge >= 0.3 is 0 Å². The fourth-order valence-corrected chi connectivity index (χ4v) is 1.97. The number of nitrogens with two attached hydrogens (primary N) is 1. The number of likely N-dealkylation sites (N-methyl/N-ethyl adjacent to an activating group) is 1. The Labute approximate surface area is 103 Å². The van der Waals surface area contributed by atoms with Gasteiger partial charge < -0.3 is 15.5 Å². The van der Waals surface area contributed by atoms with Crippen molar-refractivity contribution in [1.29, 1.82) is 0 Å². The van der Waals surface area contributed by atoms with Crippen LogP contribution in [-0.2, 0) is 9.59 Å². The molecular weight excluding hydrogens is 218 g/mol. The van der Waals surface area contributed by atoms with Crippen LogP contribution in [0.5, 0.6) is 0 Å². The number of carbonyl (C=O) groups excluding carboxylic acids is 2. The highest BCUT2D eigenvalue weighted by Crippen LogP contribution is 2.11. The average molecular weight is 241 g/mol. The quantitative estimate of drug-likeness (QED) is 0.756. The highest BCUT2D eigenvalue weighted by molar-refractivity contribution is 5.85. The Hall–Kier alpha value is -1.10. The first-order valence-corrected chi connectivity index (χ1v) is 6.30. The van der Waals surface area contributed by atoms with Crippen LogP contribution in [0.25, 0.3) is 0 Å². The molecule has 2 amide bonds. The third kappa shape index (κ3) is 4.00. The van der Waals surface area contributed by atoms with Gasteiger partial charge in [0.25, 0.3) is 0 Å². The summed E-state index contributed by atoms with van der Waals surface area (Å²) >= 11 is 0. The van der Waals surface area contributed by atoms with Crippen molar-refractivity contribution >= 4 is 11.8 Å². The summed E-state index contributed by atoms with van der Waals surface area (Å²) in [6.45, 7) is 4.19. The molecule has 5 heteroatoms. The van der Waals surface area contributed by atoms with Gasteiger partial charge in [-0.25, -0.2) is 0 Å². The van der Waals surface area contributed by atoms with Gasteiger partial charge in [-0.05, 0) is 18.9 Å². The maximum atomic E-state index is 12.0. The number of carbonyl (C=O) groups is 2. The first kappa shape index (κ1) is 14.0. The molecule has 1 aliphatic heterocycles. The summed E-state index contributed by atoms with van der Waals surface area (Å²) in [5.41, 5.74) is 5.60. The van der Waals surface area contributed by atoms with E-state index < -0.39 is 0 Å². The van der Waals surface area contributed by atoms with E-state index in [1.807, 2.05) is 6.92 Å². The van der Waals surface area contributed by atoms with Crippen LogP contribution in [0, 0.1) is 5.92 Å². The molecule has 0 bridgehead atoms. The summed E-state index contributed by atoms with van der Waals surface area (Å²) in [4.78, 5) is 27.1. The van der Waals surface area contributed by atoms with E-state index in [1.54, 1.807) is 16.8 Å². The van der Waals surface area contributed by atoms with Gasteiger partial charge in [-0.1, -0.05) is 13.3 Å². The molecule has 1 unspecified atom stereocenters. The van der Waals surface area contributed by atoms with Crippen LogP contribution in [0.15, 0.2) is 0 Å².